The summed E-state index contributed by atoms with van der Waals surface area (Å²) < 4.78 is 5.05. The third-order valence-electron chi connectivity index (χ3n) is 1.92. The normalized spacial score (nSPS) is 12.3. The van der Waals surface area contributed by atoms with Crippen LogP contribution in [0.5, 0.6) is 0 Å². The lowest BCUT2D eigenvalue weighted by Gasteiger charge is -2.11. The largest absolute Gasteiger partial charge is 0.479 e. The van der Waals surface area contributed by atoms with Crippen molar-refractivity contribution < 1.29 is 19.6 Å². The van der Waals surface area contributed by atoms with Gasteiger partial charge in [0.2, 0.25) is 6.54 Å². The van der Waals surface area contributed by atoms with Crippen molar-refractivity contribution in [1.29, 1.82) is 0 Å². The van der Waals surface area contributed by atoms with E-state index >= 15 is 0 Å². The Bertz CT molecular complexity index is 207. The van der Waals surface area contributed by atoms with Gasteiger partial charge in [0.15, 0.2) is 6.10 Å². The molecule has 0 aliphatic rings. The molecule has 1 atom stereocenters. The average molecular weight is 219 g/mol. The molecule has 0 aromatic rings. The quantitative estimate of drug-likeness (QED) is 0.359. The number of hydrogen-bond acceptors (Lipinski definition) is 4. The minimum Gasteiger partial charge on any atom is -0.479 e. The van der Waals surface area contributed by atoms with Crippen LogP contribution in [-0.2, 0) is 9.53 Å². The van der Waals surface area contributed by atoms with Gasteiger partial charge in [-0.05, 0) is 6.42 Å². The van der Waals surface area contributed by atoms with Crippen LogP contribution < -0.4 is 0 Å². The Balaban J connectivity index is 3.73. The van der Waals surface area contributed by atoms with Gasteiger partial charge in [-0.1, -0.05) is 19.8 Å². The van der Waals surface area contributed by atoms with Crippen molar-refractivity contribution in [3.05, 3.63) is 10.1 Å². The molecule has 0 aliphatic carbocycles. The Morgan fingerprint density at radius 3 is 2.67 bits per heavy atom. The highest BCUT2D eigenvalue weighted by atomic mass is 16.6. The zero-order valence-electron chi connectivity index (χ0n) is 8.85. The highest BCUT2D eigenvalue weighted by Gasteiger charge is 2.19. The molecule has 0 heterocycles. The smallest absolute Gasteiger partial charge is 0.333 e. The van der Waals surface area contributed by atoms with Gasteiger partial charge in [-0.2, -0.15) is 0 Å². The molecule has 0 aliphatic heterocycles. The first-order chi connectivity index (χ1) is 7.07. The fourth-order valence-electron chi connectivity index (χ4n) is 1.08. The fourth-order valence-corrected chi connectivity index (χ4v) is 1.08. The van der Waals surface area contributed by atoms with E-state index in [9.17, 15) is 14.9 Å². The van der Waals surface area contributed by atoms with Crippen molar-refractivity contribution >= 4 is 5.97 Å². The Kier molecular flexibility index (Phi) is 7.53. The SMILES string of the molecule is CCCCCOC(CC[N+](=O)[O-])C(=O)O. The number of carboxylic acids is 1. The lowest BCUT2D eigenvalue weighted by Crippen LogP contribution is -2.27. The Morgan fingerprint density at radius 2 is 2.20 bits per heavy atom. The van der Waals surface area contributed by atoms with Crippen molar-refractivity contribution in [3.63, 3.8) is 0 Å². The molecular weight excluding hydrogens is 202 g/mol. The molecule has 0 bridgehead atoms. The van der Waals surface area contributed by atoms with Gasteiger partial charge in [-0.15, -0.1) is 0 Å². The van der Waals surface area contributed by atoms with E-state index in [0.29, 0.717) is 6.61 Å². The molecule has 0 saturated carbocycles. The van der Waals surface area contributed by atoms with E-state index in [2.05, 4.69) is 0 Å². The van der Waals surface area contributed by atoms with Crippen molar-refractivity contribution in [2.24, 2.45) is 0 Å². The molecule has 15 heavy (non-hydrogen) atoms. The highest BCUT2D eigenvalue weighted by Crippen LogP contribution is 2.02. The van der Waals surface area contributed by atoms with Gasteiger partial charge in [0.25, 0.3) is 0 Å². The Morgan fingerprint density at radius 1 is 1.53 bits per heavy atom. The van der Waals surface area contributed by atoms with Gasteiger partial charge in [-0.3, -0.25) is 10.1 Å². The van der Waals surface area contributed by atoms with Crippen LogP contribution in [0.1, 0.15) is 32.6 Å². The topological polar surface area (TPSA) is 89.7 Å². The number of unbranched alkanes of at least 4 members (excludes halogenated alkanes) is 2. The van der Waals surface area contributed by atoms with Crippen LogP contribution >= 0.6 is 0 Å². The molecule has 0 spiro atoms. The second-order valence-corrected chi connectivity index (χ2v) is 3.25. The summed E-state index contributed by atoms with van der Waals surface area (Å²) >= 11 is 0. The summed E-state index contributed by atoms with van der Waals surface area (Å²) in [7, 11) is 0. The summed E-state index contributed by atoms with van der Waals surface area (Å²) in [5.74, 6) is -1.13. The van der Waals surface area contributed by atoms with Crippen molar-refractivity contribution in [2.75, 3.05) is 13.2 Å². The van der Waals surface area contributed by atoms with Gasteiger partial charge in [-0.25, -0.2) is 4.79 Å². The third kappa shape index (κ3) is 7.87. The molecule has 0 saturated heterocycles. The molecule has 88 valence electrons. The monoisotopic (exact) mass is 219 g/mol. The highest BCUT2D eigenvalue weighted by molar-refractivity contribution is 5.72. The number of carbonyl (C=O) groups is 1. The minimum atomic E-state index is -1.13. The molecular formula is C9H17NO5. The van der Waals surface area contributed by atoms with Crippen LogP contribution in [0.15, 0.2) is 0 Å². The maximum atomic E-state index is 10.6. The molecule has 0 aromatic carbocycles. The van der Waals surface area contributed by atoms with Gasteiger partial charge in [0, 0.05) is 18.0 Å². The van der Waals surface area contributed by atoms with Crippen LogP contribution in [0.3, 0.4) is 0 Å². The number of nitrogens with zero attached hydrogens (tertiary/aromatic N) is 1. The number of aliphatic carboxylic acids is 1. The Labute approximate surface area is 88.4 Å². The molecule has 0 amide bonds. The van der Waals surface area contributed by atoms with Gasteiger partial charge in [0.05, 0.1) is 0 Å². The van der Waals surface area contributed by atoms with Crippen molar-refractivity contribution in [1.82, 2.24) is 0 Å². The van der Waals surface area contributed by atoms with Crippen LogP contribution in [0.2, 0.25) is 0 Å². The van der Waals surface area contributed by atoms with Gasteiger partial charge >= 0.3 is 5.97 Å². The number of carboxylic acid groups (broad SMARTS) is 1. The average Bonchev–Trinajstić information content (AvgIpc) is 2.15. The number of rotatable bonds is 9. The zero-order chi connectivity index (χ0) is 11.7. The van der Waals surface area contributed by atoms with E-state index in [4.69, 9.17) is 9.84 Å². The van der Waals surface area contributed by atoms with E-state index in [-0.39, 0.29) is 13.0 Å². The number of nitro groups is 1. The summed E-state index contributed by atoms with van der Waals surface area (Å²) in [5.41, 5.74) is 0. The summed E-state index contributed by atoms with van der Waals surface area (Å²) in [6.07, 6.45) is 1.66. The van der Waals surface area contributed by atoms with Crippen LogP contribution in [-0.4, -0.2) is 35.3 Å². The Hall–Kier alpha value is -1.17. The van der Waals surface area contributed by atoms with E-state index in [1.54, 1.807) is 0 Å². The first kappa shape index (κ1) is 13.8. The second kappa shape index (κ2) is 8.16. The fraction of sp³-hybridized carbons (Fsp3) is 0.889. The third-order valence-corrected chi connectivity index (χ3v) is 1.92. The van der Waals surface area contributed by atoms with E-state index in [1.165, 1.54) is 0 Å². The summed E-state index contributed by atoms with van der Waals surface area (Å²) in [6, 6.07) is 0. The lowest BCUT2D eigenvalue weighted by atomic mass is 10.2. The van der Waals surface area contributed by atoms with Crippen molar-refractivity contribution in [2.45, 2.75) is 38.7 Å². The lowest BCUT2D eigenvalue weighted by molar-refractivity contribution is -0.481. The predicted octanol–water partition coefficient (Wildman–Crippen LogP) is 1.31. The zero-order valence-corrected chi connectivity index (χ0v) is 8.85. The van der Waals surface area contributed by atoms with Crippen LogP contribution in [0.4, 0.5) is 0 Å². The molecule has 1 N–H and O–H groups in total. The maximum absolute atomic E-state index is 10.6. The van der Waals surface area contributed by atoms with E-state index < -0.39 is 17.0 Å². The molecule has 0 fully saturated rings. The number of hydrogen-bond donors (Lipinski definition) is 1. The molecule has 1 unspecified atom stereocenters. The van der Waals surface area contributed by atoms with Gasteiger partial charge < -0.3 is 9.84 Å². The first-order valence-corrected chi connectivity index (χ1v) is 5.04. The maximum Gasteiger partial charge on any atom is 0.333 e. The van der Waals surface area contributed by atoms with Crippen LogP contribution in [0, 0.1) is 10.1 Å². The molecule has 0 rings (SSSR count). The molecule has 0 aromatic heterocycles. The summed E-state index contributed by atoms with van der Waals surface area (Å²) in [5, 5.41) is 18.8. The second-order valence-electron chi connectivity index (χ2n) is 3.25. The minimum absolute atomic E-state index is 0.0749. The summed E-state index contributed by atoms with van der Waals surface area (Å²) in [6.45, 7) is 2.01. The van der Waals surface area contributed by atoms with Gasteiger partial charge in [0.1, 0.15) is 0 Å². The number of ether oxygens (including phenoxy) is 1. The molecule has 0 radical (unpaired) electrons. The standard InChI is InChI=1S/C9H17NO5/c1-2-3-4-7-15-8(9(11)12)5-6-10(13)14/h8H,2-7H2,1H3,(H,11,12). The molecule has 6 nitrogen and oxygen atoms in total. The van der Waals surface area contributed by atoms with Crippen LogP contribution in [0.25, 0.3) is 0 Å². The van der Waals surface area contributed by atoms with E-state index in [1.807, 2.05) is 6.92 Å². The first-order valence-electron chi connectivity index (χ1n) is 5.04. The molecule has 6 heteroatoms. The van der Waals surface area contributed by atoms with Crippen molar-refractivity contribution in [3.8, 4) is 0 Å². The predicted molar refractivity (Wildman–Crippen MR) is 53.4 cm³/mol. The summed E-state index contributed by atoms with van der Waals surface area (Å²) in [4.78, 5) is 20.2. The van der Waals surface area contributed by atoms with E-state index in [0.717, 1.165) is 19.3 Å².